The second kappa shape index (κ2) is 9.66. The lowest BCUT2D eigenvalue weighted by Gasteiger charge is -2.28. The van der Waals surface area contributed by atoms with Gasteiger partial charge >= 0.3 is 0 Å². The summed E-state index contributed by atoms with van der Waals surface area (Å²) in [5, 5.41) is 34.5. The lowest BCUT2D eigenvalue weighted by Crippen LogP contribution is -2.42. The van der Waals surface area contributed by atoms with E-state index in [2.05, 4.69) is 0 Å². The lowest BCUT2D eigenvalue weighted by atomic mass is 10.1. The standard InChI is InChI=1S/C6H11Cl3O2.C4H7Cl3O2/c1-2-3-4-5(10,11)6(7,8)9;1-2(5)4(6,7)3(8)9/h10-11H,2-4H2,1H3;2-3,8-9H,1H3. The molecule has 1 atom stereocenters. The van der Waals surface area contributed by atoms with E-state index in [9.17, 15) is 0 Å². The van der Waals surface area contributed by atoms with Gasteiger partial charge in [0, 0.05) is 6.42 Å². The quantitative estimate of drug-likeness (QED) is 0.411. The Morgan fingerprint density at radius 3 is 1.55 bits per heavy atom. The average Bonchev–Trinajstić information content (AvgIpc) is 2.25. The van der Waals surface area contributed by atoms with Crippen molar-refractivity contribution in [3.63, 3.8) is 0 Å². The molecule has 124 valence electrons. The second-order valence-corrected chi connectivity index (χ2v) is 8.46. The highest BCUT2D eigenvalue weighted by molar-refractivity contribution is 6.68. The van der Waals surface area contributed by atoms with Gasteiger partial charge in [0.15, 0.2) is 10.6 Å². The molecule has 0 saturated carbocycles. The SMILES string of the molecule is CC(Cl)C(Cl)(Cl)C(O)O.CCCCC(O)(O)C(Cl)(Cl)Cl. The zero-order chi connectivity index (χ0) is 16.8. The minimum absolute atomic E-state index is 0.0694. The van der Waals surface area contributed by atoms with Crippen molar-refractivity contribution in [3.05, 3.63) is 0 Å². The van der Waals surface area contributed by atoms with Crippen molar-refractivity contribution in [2.75, 3.05) is 0 Å². The predicted molar refractivity (Wildman–Crippen MR) is 85.0 cm³/mol. The topological polar surface area (TPSA) is 80.9 Å². The molecule has 0 heterocycles. The molecule has 0 aliphatic rings. The van der Waals surface area contributed by atoms with Gasteiger partial charge in [-0.3, -0.25) is 0 Å². The Kier molecular flexibility index (Phi) is 11.5. The Labute approximate surface area is 148 Å². The Balaban J connectivity index is 0. The summed E-state index contributed by atoms with van der Waals surface area (Å²) in [6.45, 7) is 3.38. The van der Waals surface area contributed by atoms with Gasteiger partial charge in [0.05, 0.1) is 5.38 Å². The summed E-state index contributed by atoms with van der Waals surface area (Å²) in [7, 11) is 0. The largest absolute Gasteiger partial charge is 0.366 e. The first-order chi connectivity index (χ1) is 8.70. The van der Waals surface area contributed by atoms with E-state index in [0.29, 0.717) is 6.42 Å². The van der Waals surface area contributed by atoms with E-state index in [1.807, 2.05) is 6.92 Å². The molecule has 4 N–H and O–H groups in total. The van der Waals surface area contributed by atoms with Crippen LogP contribution in [0.15, 0.2) is 0 Å². The molecule has 0 bridgehead atoms. The summed E-state index contributed by atoms with van der Waals surface area (Å²) in [5.74, 6) is -2.21. The van der Waals surface area contributed by atoms with E-state index in [4.69, 9.17) is 90.0 Å². The molecular weight excluding hydrogens is 397 g/mol. The fourth-order valence-electron chi connectivity index (χ4n) is 0.770. The Morgan fingerprint density at radius 1 is 1.00 bits per heavy atom. The summed E-state index contributed by atoms with van der Waals surface area (Å²) in [5.41, 5.74) is 0. The second-order valence-electron chi connectivity index (χ2n) is 4.08. The summed E-state index contributed by atoms with van der Waals surface area (Å²) in [6.07, 6.45) is -0.307. The fourth-order valence-corrected chi connectivity index (χ4v) is 1.17. The summed E-state index contributed by atoms with van der Waals surface area (Å²) < 4.78 is -3.70. The summed E-state index contributed by atoms with van der Waals surface area (Å²) >= 11 is 31.9. The number of unbranched alkanes of at least 4 members (excludes halogenated alkanes) is 1. The van der Waals surface area contributed by atoms with Crippen molar-refractivity contribution in [2.45, 2.75) is 58.7 Å². The molecule has 10 heteroatoms. The van der Waals surface area contributed by atoms with Crippen LogP contribution in [-0.2, 0) is 0 Å². The van der Waals surface area contributed by atoms with E-state index in [1.54, 1.807) is 0 Å². The van der Waals surface area contributed by atoms with Crippen molar-refractivity contribution in [2.24, 2.45) is 0 Å². The smallest absolute Gasteiger partial charge is 0.243 e. The summed E-state index contributed by atoms with van der Waals surface area (Å²) in [4.78, 5) is 0. The third-order valence-electron chi connectivity index (χ3n) is 2.21. The van der Waals surface area contributed by atoms with Crippen LogP contribution in [0.3, 0.4) is 0 Å². The molecule has 1 unspecified atom stereocenters. The van der Waals surface area contributed by atoms with Gasteiger partial charge in [0.25, 0.3) is 0 Å². The monoisotopic (exact) mass is 412 g/mol. The molecule has 0 aliphatic heterocycles. The van der Waals surface area contributed by atoms with Crippen molar-refractivity contribution in [1.82, 2.24) is 0 Å². The molecule has 0 aromatic rings. The van der Waals surface area contributed by atoms with Crippen molar-refractivity contribution < 1.29 is 20.4 Å². The van der Waals surface area contributed by atoms with Crippen LogP contribution in [0.2, 0.25) is 0 Å². The first-order valence-electron chi connectivity index (χ1n) is 5.59. The minimum Gasteiger partial charge on any atom is -0.366 e. The van der Waals surface area contributed by atoms with Crippen molar-refractivity contribution >= 4 is 69.6 Å². The molecule has 20 heavy (non-hydrogen) atoms. The lowest BCUT2D eigenvalue weighted by molar-refractivity contribution is -0.162. The Hall–Kier alpha value is 1.58. The van der Waals surface area contributed by atoms with Crippen LogP contribution in [0.1, 0.15) is 33.1 Å². The normalized spacial score (nSPS) is 14.8. The van der Waals surface area contributed by atoms with Crippen LogP contribution in [0.5, 0.6) is 0 Å². The molecule has 0 spiro atoms. The molecule has 0 amide bonds. The molecular formula is C10H18Cl6O4. The first-order valence-corrected chi connectivity index (χ1v) is 7.92. The number of hydrogen-bond acceptors (Lipinski definition) is 4. The van der Waals surface area contributed by atoms with E-state index in [0.717, 1.165) is 6.42 Å². The number of alkyl halides is 6. The zero-order valence-corrected chi connectivity index (χ0v) is 15.4. The van der Waals surface area contributed by atoms with Gasteiger partial charge in [-0.2, -0.15) is 0 Å². The number of rotatable bonds is 5. The van der Waals surface area contributed by atoms with Crippen LogP contribution in [0, 0.1) is 0 Å². The first kappa shape index (κ1) is 23.8. The molecule has 0 rings (SSSR count). The highest BCUT2D eigenvalue weighted by atomic mass is 35.6. The van der Waals surface area contributed by atoms with Gasteiger partial charge < -0.3 is 20.4 Å². The molecule has 0 aromatic heterocycles. The Morgan fingerprint density at radius 2 is 1.40 bits per heavy atom. The van der Waals surface area contributed by atoms with Gasteiger partial charge in [-0.15, -0.1) is 11.6 Å². The molecule has 0 aromatic carbocycles. The number of aliphatic hydroxyl groups excluding tert-OH is 1. The maximum Gasteiger partial charge on any atom is 0.243 e. The van der Waals surface area contributed by atoms with E-state index in [-0.39, 0.29) is 6.42 Å². The average molecular weight is 415 g/mol. The van der Waals surface area contributed by atoms with Crippen LogP contribution in [0.25, 0.3) is 0 Å². The minimum atomic E-state index is -2.21. The van der Waals surface area contributed by atoms with Gasteiger partial charge in [-0.25, -0.2) is 0 Å². The number of halogens is 6. The maximum atomic E-state index is 9.14. The third-order valence-corrected chi connectivity index (χ3v) is 4.73. The van der Waals surface area contributed by atoms with Crippen LogP contribution >= 0.6 is 69.6 Å². The highest BCUT2D eigenvalue weighted by Gasteiger charge is 2.44. The number of aliphatic hydroxyl groups is 4. The van der Waals surface area contributed by atoms with E-state index >= 15 is 0 Å². The number of hydrogen-bond donors (Lipinski definition) is 4. The van der Waals surface area contributed by atoms with Crippen LogP contribution < -0.4 is 0 Å². The maximum absolute atomic E-state index is 9.14. The van der Waals surface area contributed by atoms with Crippen molar-refractivity contribution in [1.29, 1.82) is 0 Å². The highest BCUT2D eigenvalue weighted by Crippen LogP contribution is 2.39. The predicted octanol–water partition coefficient (Wildman–Crippen LogP) is 3.33. The Bertz CT molecular complexity index is 255. The molecule has 0 fully saturated rings. The summed E-state index contributed by atoms with van der Waals surface area (Å²) in [6, 6.07) is 0. The fraction of sp³-hybridized carbons (Fsp3) is 1.00. The van der Waals surface area contributed by atoms with Gasteiger partial charge in [0.2, 0.25) is 9.58 Å². The molecule has 0 radical (unpaired) electrons. The van der Waals surface area contributed by atoms with Gasteiger partial charge in [0.1, 0.15) is 0 Å². The van der Waals surface area contributed by atoms with Gasteiger partial charge in [-0.1, -0.05) is 71.3 Å². The van der Waals surface area contributed by atoms with Gasteiger partial charge in [-0.05, 0) is 13.3 Å². The van der Waals surface area contributed by atoms with E-state index < -0.39 is 25.6 Å². The van der Waals surface area contributed by atoms with E-state index in [1.165, 1.54) is 6.92 Å². The third kappa shape index (κ3) is 8.89. The molecule has 0 aliphatic carbocycles. The zero-order valence-electron chi connectivity index (χ0n) is 10.8. The molecule has 0 saturated heterocycles. The van der Waals surface area contributed by atoms with Crippen molar-refractivity contribution in [3.8, 4) is 0 Å². The molecule has 4 nitrogen and oxygen atoms in total. The van der Waals surface area contributed by atoms with Crippen LogP contribution in [0.4, 0.5) is 0 Å². The van der Waals surface area contributed by atoms with Crippen LogP contribution in [-0.4, -0.2) is 46.0 Å².